The highest BCUT2D eigenvalue weighted by atomic mass is 16.5. The molecule has 1 saturated carbocycles. The maximum absolute atomic E-state index is 10.9. The maximum Gasteiger partial charge on any atom is 0.302 e. The van der Waals surface area contributed by atoms with Crippen LogP contribution in [0.5, 0.6) is 0 Å². The molecule has 1 rings (SSSR count). The van der Waals surface area contributed by atoms with Gasteiger partial charge in [-0.25, -0.2) is 0 Å². The minimum atomic E-state index is -0.440. The van der Waals surface area contributed by atoms with E-state index in [4.69, 9.17) is 4.74 Å². The van der Waals surface area contributed by atoms with Gasteiger partial charge in [0.1, 0.15) is 0 Å². The average Bonchev–Trinajstić information content (AvgIpc) is 2.28. The highest BCUT2D eigenvalue weighted by Crippen LogP contribution is 2.40. The van der Waals surface area contributed by atoms with Crippen molar-refractivity contribution in [2.45, 2.75) is 51.6 Å². The smallest absolute Gasteiger partial charge is 0.302 e. The van der Waals surface area contributed by atoms with E-state index in [-0.39, 0.29) is 11.4 Å². The van der Waals surface area contributed by atoms with Gasteiger partial charge >= 0.3 is 5.97 Å². The zero-order chi connectivity index (χ0) is 12.0. The Bertz CT molecular complexity index is 242. The molecule has 1 N–H and O–H groups in total. The molecule has 0 aromatic rings. The van der Waals surface area contributed by atoms with E-state index in [0.29, 0.717) is 13.0 Å². The van der Waals surface area contributed by atoms with Crippen molar-refractivity contribution in [2.24, 2.45) is 5.41 Å². The number of aliphatic hydroxyl groups is 1. The van der Waals surface area contributed by atoms with Gasteiger partial charge in [0, 0.05) is 12.3 Å². The van der Waals surface area contributed by atoms with Crippen molar-refractivity contribution in [3.63, 3.8) is 0 Å². The Kier molecular flexibility index (Phi) is 5.00. The molecular formula is C13H22O3. The van der Waals surface area contributed by atoms with Gasteiger partial charge < -0.3 is 9.84 Å². The molecule has 1 aliphatic carbocycles. The summed E-state index contributed by atoms with van der Waals surface area (Å²) in [6.07, 6.45) is 7.17. The maximum atomic E-state index is 10.9. The minimum Gasteiger partial charge on any atom is -0.465 e. The number of ether oxygens (including phenoxy) is 1. The summed E-state index contributed by atoms with van der Waals surface area (Å²) >= 11 is 0. The van der Waals surface area contributed by atoms with Crippen molar-refractivity contribution in [1.29, 1.82) is 0 Å². The largest absolute Gasteiger partial charge is 0.465 e. The van der Waals surface area contributed by atoms with Crippen molar-refractivity contribution in [2.75, 3.05) is 6.61 Å². The van der Waals surface area contributed by atoms with E-state index in [9.17, 15) is 9.90 Å². The minimum absolute atomic E-state index is 0.238. The van der Waals surface area contributed by atoms with Gasteiger partial charge in [-0.15, -0.1) is 6.58 Å². The number of carbonyl (C=O) groups is 1. The first-order chi connectivity index (χ1) is 7.60. The van der Waals surface area contributed by atoms with Gasteiger partial charge in [0.15, 0.2) is 0 Å². The Morgan fingerprint density at radius 3 is 2.62 bits per heavy atom. The number of esters is 1. The molecule has 3 heteroatoms. The van der Waals surface area contributed by atoms with E-state index < -0.39 is 6.10 Å². The van der Waals surface area contributed by atoms with E-state index in [2.05, 4.69) is 6.58 Å². The lowest BCUT2D eigenvalue weighted by Crippen LogP contribution is -2.41. The molecule has 1 aliphatic rings. The topological polar surface area (TPSA) is 46.5 Å². The Balaban J connectivity index is 2.65. The van der Waals surface area contributed by atoms with Crippen LogP contribution in [0, 0.1) is 5.41 Å². The Labute approximate surface area is 97.5 Å². The summed E-state index contributed by atoms with van der Waals surface area (Å²) in [6.45, 7) is 5.41. The van der Waals surface area contributed by atoms with Gasteiger partial charge in [0.05, 0.1) is 12.7 Å². The lowest BCUT2D eigenvalue weighted by Gasteiger charge is -2.40. The molecule has 0 radical (unpaired) electrons. The van der Waals surface area contributed by atoms with Crippen molar-refractivity contribution in [1.82, 2.24) is 0 Å². The third-order valence-corrected chi connectivity index (χ3v) is 3.51. The highest BCUT2D eigenvalue weighted by molar-refractivity contribution is 5.65. The standard InChI is InChI=1S/C13H22O3/c1-3-7-12(15)13(10-16-11(2)14)8-5-4-6-9-13/h3,12,15H,1,4-10H2,2H3. The zero-order valence-electron chi connectivity index (χ0n) is 10.1. The molecule has 0 amide bonds. The molecule has 0 aliphatic heterocycles. The summed E-state index contributed by atoms with van der Waals surface area (Å²) in [4.78, 5) is 10.9. The quantitative estimate of drug-likeness (QED) is 0.578. The molecule has 3 nitrogen and oxygen atoms in total. The molecule has 16 heavy (non-hydrogen) atoms. The summed E-state index contributed by atoms with van der Waals surface area (Å²) in [7, 11) is 0. The average molecular weight is 226 g/mol. The van der Waals surface area contributed by atoms with Gasteiger partial charge in [-0.3, -0.25) is 4.79 Å². The lowest BCUT2D eigenvalue weighted by atomic mass is 9.70. The van der Waals surface area contributed by atoms with Crippen molar-refractivity contribution in [3.05, 3.63) is 12.7 Å². The van der Waals surface area contributed by atoms with Gasteiger partial charge in [-0.2, -0.15) is 0 Å². The third-order valence-electron chi connectivity index (χ3n) is 3.51. The van der Waals surface area contributed by atoms with Crippen LogP contribution < -0.4 is 0 Å². The molecule has 1 unspecified atom stereocenters. The molecule has 0 spiro atoms. The molecule has 0 heterocycles. The molecule has 1 atom stereocenters. The second-order valence-corrected chi connectivity index (χ2v) is 4.74. The fourth-order valence-electron chi connectivity index (χ4n) is 2.48. The Morgan fingerprint density at radius 1 is 1.50 bits per heavy atom. The summed E-state index contributed by atoms with van der Waals surface area (Å²) in [5.74, 6) is -0.268. The third kappa shape index (κ3) is 3.34. The first-order valence-electron chi connectivity index (χ1n) is 6.03. The normalized spacial score (nSPS) is 21.1. The van der Waals surface area contributed by atoms with Crippen LogP contribution >= 0.6 is 0 Å². The van der Waals surface area contributed by atoms with Crippen molar-refractivity contribution in [3.8, 4) is 0 Å². The number of aliphatic hydroxyl groups excluding tert-OH is 1. The summed E-state index contributed by atoms with van der Waals surface area (Å²) in [6, 6.07) is 0. The number of hydrogen-bond donors (Lipinski definition) is 1. The van der Waals surface area contributed by atoms with Crippen molar-refractivity contribution < 1.29 is 14.6 Å². The lowest BCUT2D eigenvalue weighted by molar-refractivity contribution is -0.149. The summed E-state index contributed by atoms with van der Waals surface area (Å²) < 4.78 is 5.12. The van der Waals surface area contributed by atoms with E-state index in [1.165, 1.54) is 13.3 Å². The summed E-state index contributed by atoms with van der Waals surface area (Å²) in [5, 5.41) is 10.2. The van der Waals surface area contributed by atoms with Crippen LogP contribution in [-0.4, -0.2) is 23.8 Å². The van der Waals surface area contributed by atoms with Crippen LogP contribution in [0.2, 0.25) is 0 Å². The first-order valence-corrected chi connectivity index (χ1v) is 6.03. The van der Waals surface area contributed by atoms with E-state index in [0.717, 1.165) is 25.7 Å². The van der Waals surface area contributed by atoms with E-state index in [1.54, 1.807) is 6.08 Å². The monoisotopic (exact) mass is 226 g/mol. The Morgan fingerprint density at radius 2 is 2.12 bits per heavy atom. The van der Waals surface area contributed by atoms with Crippen LogP contribution in [-0.2, 0) is 9.53 Å². The summed E-state index contributed by atoms with van der Waals surface area (Å²) in [5.41, 5.74) is -0.238. The molecule has 1 fully saturated rings. The van der Waals surface area contributed by atoms with Crippen LogP contribution in [0.25, 0.3) is 0 Å². The van der Waals surface area contributed by atoms with Gasteiger partial charge in [-0.05, 0) is 19.3 Å². The van der Waals surface area contributed by atoms with Gasteiger partial charge in [-0.1, -0.05) is 25.3 Å². The number of rotatable bonds is 5. The molecular weight excluding hydrogens is 204 g/mol. The first kappa shape index (κ1) is 13.2. The van der Waals surface area contributed by atoms with E-state index in [1.807, 2.05) is 0 Å². The second-order valence-electron chi connectivity index (χ2n) is 4.74. The van der Waals surface area contributed by atoms with E-state index >= 15 is 0 Å². The van der Waals surface area contributed by atoms with Gasteiger partial charge in [0.2, 0.25) is 0 Å². The predicted molar refractivity (Wildman–Crippen MR) is 63.0 cm³/mol. The SMILES string of the molecule is C=CCC(O)C1(COC(C)=O)CCCCC1. The van der Waals surface area contributed by atoms with Crippen LogP contribution in [0.3, 0.4) is 0 Å². The van der Waals surface area contributed by atoms with Gasteiger partial charge in [0.25, 0.3) is 0 Å². The zero-order valence-corrected chi connectivity index (χ0v) is 10.1. The molecule has 0 bridgehead atoms. The Hall–Kier alpha value is -0.830. The van der Waals surface area contributed by atoms with Crippen LogP contribution in [0.1, 0.15) is 45.4 Å². The molecule has 0 aromatic carbocycles. The fourth-order valence-corrected chi connectivity index (χ4v) is 2.48. The molecule has 0 aromatic heterocycles. The van der Waals surface area contributed by atoms with Crippen molar-refractivity contribution >= 4 is 5.97 Å². The highest BCUT2D eigenvalue weighted by Gasteiger charge is 2.39. The fraction of sp³-hybridized carbons (Fsp3) is 0.769. The number of hydrogen-bond acceptors (Lipinski definition) is 3. The molecule has 92 valence electrons. The predicted octanol–water partition coefficient (Wildman–Crippen LogP) is 2.44. The van der Waals surface area contributed by atoms with Crippen LogP contribution in [0.15, 0.2) is 12.7 Å². The second kappa shape index (κ2) is 6.04. The van der Waals surface area contributed by atoms with Crippen LogP contribution in [0.4, 0.5) is 0 Å². The molecule has 0 saturated heterocycles. The number of carbonyl (C=O) groups excluding carboxylic acids is 1.